The molecule has 4 rings (SSSR count). The van der Waals surface area contributed by atoms with E-state index in [1.54, 1.807) is 21.3 Å². The lowest BCUT2D eigenvalue weighted by molar-refractivity contribution is 0.121. The minimum atomic E-state index is 0.650. The van der Waals surface area contributed by atoms with Crippen molar-refractivity contribution < 1.29 is 14.2 Å². The summed E-state index contributed by atoms with van der Waals surface area (Å²) in [5, 5.41) is 0.762. The van der Waals surface area contributed by atoms with Gasteiger partial charge in [-0.15, -0.1) is 0 Å². The highest BCUT2D eigenvalue weighted by atomic mass is 35.5. The lowest BCUT2D eigenvalue weighted by atomic mass is 10.0. The fourth-order valence-electron chi connectivity index (χ4n) is 4.38. The van der Waals surface area contributed by atoms with Crippen molar-refractivity contribution in [1.29, 1.82) is 0 Å². The number of benzene rings is 3. The molecule has 6 heteroatoms. The zero-order valence-electron chi connectivity index (χ0n) is 19.5. The highest BCUT2D eigenvalue weighted by Crippen LogP contribution is 2.40. The second-order valence-corrected chi connectivity index (χ2v) is 8.69. The molecule has 0 aliphatic carbocycles. The van der Waals surface area contributed by atoms with E-state index < -0.39 is 0 Å². The Morgan fingerprint density at radius 3 is 2.00 bits per heavy atom. The molecule has 3 aromatic rings. The molecule has 174 valence electrons. The highest BCUT2D eigenvalue weighted by Gasteiger charge is 2.21. The number of nitrogens with zero attached hydrogens (tertiary/aromatic N) is 2. The van der Waals surface area contributed by atoms with Gasteiger partial charge in [-0.3, -0.25) is 9.80 Å². The van der Waals surface area contributed by atoms with Crippen LogP contribution in [0.3, 0.4) is 0 Å². The molecule has 0 bridgehead atoms. The molecule has 5 nitrogen and oxygen atoms in total. The fraction of sp³-hybridized carbons (Fsp3) is 0.333. The molecule has 0 unspecified atom stereocenters. The quantitative estimate of drug-likeness (QED) is 0.447. The number of hydrogen-bond acceptors (Lipinski definition) is 5. The molecule has 0 saturated carbocycles. The Hall–Kier alpha value is -2.73. The Kier molecular flexibility index (Phi) is 7.76. The molecule has 1 saturated heterocycles. The molecule has 3 aromatic carbocycles. The summed E-state index contributed by atoms with van der Waals surface area (Å²) in [7, 11) is 4.96. The SMILES string of the molecule is COc1ccc(CN2CCN(Cc3cccc(-c4ccc(Cl)cc4)c3)CC2)c(OC)c1OC. The van der Waals surface area contributed by atoms with Crippen molar-refractivity contribution in [3.05, 3.63) is 76.8 Å². The van der Waals surface area contributed by atoms with Gasteiger partial charge in [0.15, 0.2) is 11.5 Å². The molecular formula is C27H31ClN2O3. The van der Waals surface area contributed by atoms with Crippen molar-refractivity contribution in [2.24, 2.45) is 0 Å². The molecular weight excluding hydrogens is 436 g/mol. The predicted molar refractivity (Wildman–Crippen MR) is 134 cm³/mol. The lowest BCUT2D eigenvalue weighted by Gasteiger charge is -2.35. The first-order chi connectivity index (χ1) is 16.1. The Labute approximate surface area is 201 Å². The monoisotopic (exact) mass is 466 g/mol. The lowest BCUT2D eigenvalue weighted by Crippen LogP contribution is -2.45. The molecule has 0 spiro atoms. The molecule has 0 N–H and O–H groups in total. The average molecular weight is 467 g/mol. The molecule has 0 atom stereocenters. The summed E-state index contributed by atoms with van der Waals surface area (Å²) in [5.74, 6) is 2.08. The fourth-order valence-corrected chi connectivity index (χ4v) is 4.51. The molecule has 1 aliphatic rings. The number of halogens is 1. The third kappa shape index (κ3) is 5.61. The van der Waals surface area contributed by atoms with Crippen LogP contribution in [0.25, 0.3) is 11.1 Å². The first-order valence-electron chi connectivity index (χ1n) is 11.2. The second kappa shape index (κ2) is 10.9. The Bertz CT molecular complexity index is 1060. The number of rotatable bonds is 8. The molecule has 0 radical (unpaired) electrons. The normalized spacial score (nSPS) is 14.8. The van der Waals surface area contributed by atoms with Gasteiger partial charge in [0.2, 0.25) is 5.75 Å². The second-order valence-electron chi connectivity index (χ2n) is 8.25. The van der Waals surface area contributed by atoms with Gasteiger partial charge >= 0.3 is 0 Å². The van der Waals surface area contributed by atoms with Crippen LogP contribution < -0.4 is 14.2 Å². The molecule has 33 heavy (non-hydrogen) atoms. The standard InChI is InChI=1S/C27H31ClN2O3/c1-31-25-12-9-23(26(32-2)27(25)33-3)19-30-15-13-29(14-16-30)18-20-5-4-6-22(17-20)21-7-10-24(28)11-8-21/h4-12,17H,13-16,18-19H2,1-3H3. The van der Waals surface area contributed by atoms with Crippen LogP contribution >= 0.6 is 11.6 Å². The van der Waals surface area contributed by atoms with E-state index >= 15 is 0 Å². The summed E-state index contributed by atoms with van der Waals surface area (Å²) < 4.78 is 16.6. The van der Waals surface area contributed by atoms with Crippen molar-refractivity contribution >= 4 is 11.6 Å². The Balaban J connectivity index is 1.36. The zero-order valence-corrected chi connectivity index (χ0v) is 20.3. The van der Waals surface area contributed by atoms with Crippen molar-refractivity contribution in [2.75, 3.05) is 47.5 Å². The van der Waals surface area contributed by atoms with E-state index in [0.29, 0.717) is 11.5 Å². The van der Waals surface area contributed by atoms with Crippen LogP contribution in [-0.4, -0.2) is 57.3 Å². The van der Waals surface area contributed by atoms with E-state index in [0.717, 1.165) is 55.6 Å². The summed E-state index contributed by atoms with van der Waals surface area (Å²) >= 11 is 6.04. The summed E-state index contributed by atoms with van der Waals surface area (Å²) in [6.07, 6.45) is 0. The van der Waals surface area contributed by atoms with E-state index in [1.165, 1.54) is 16.7 Å². The van der Waals surface area contributed by atoms with Crippen LogP contribution in [0.5, 0.6) is 17.2 Å². The van der Waals surface area contributed by atoms with Gasteiger partial charge in [-0.05, 0) is 41.0 Å². The van der Waals surface area contributed by atoms with E-state index in [4.69, 9.17) is 25.8 Å². The van der Waals surface area contributed by atoms with Gasteiger partial charge in [-0.1, -0.05) is 48.0 Å². The zero-order chi connectivity index (χ0) is 23.2. The maximum atomic E-state index is 6.04. The van der Waals surface area contributed by atoms with Crippen LogP contribution in [0.15, 0.2) is 60.7 Å². The van der Waals surface area contributed by atoms with Gasteiger partial charge in [0.1, 0.15) is 0 Å². The molecule has 0 aromatic heterocycles. The Morgan fingerprint density at radius 1 is 0.697 bits per heavy atom. The maximum absolute atomic E-state index is 6.04. The van der Waals surface area contributed by atoms with Crippen LogP contribution in [0.4, 0.5) is 0 Å². The van der Waals surface area contributed by atoms with Crippen molar-refractivity contribution in [3.8, 4) is 28.4 Å². The smallest absolute Gasteiger partial charge is 0.203 e. The summed E-state index contributed by atoms with van der Waals surface area (Å²) in [4.78, 5) is 4.98. The first-order valence-corrected chi connectivity index (χ1v) is 11.6. The van der Waals surface area contributed by atoms with Crippen LogP contribution in [0.2, 0.25) is 5.02 Å². The van der Waals surface area contributed by atoms with Gasteiger partial charge in [0.25, 0.3) is 0 Å². The van der Waals surface area contributed by atoms with E-state index in [-0.39, 0.29) is 0 Å². The highest BCUT2D eigenvalue weighted by molar-refractivity contribution is 6.30. The summed E-state index contributed by atoms with van der Waals surface area (Å²) in [5.41, 5.74) is 4.86. The maximum Gasteiger partial charge on any atom is 0.203 e. The van der Waals surface area contributed by atoms with Crippen molar-refractivity contribution in [3.63, 3.8) is 0 Å². The molecule has 0 amide bonds. The van der Waals surface area contributed by atoms with Gasteiger partial charge in [0, 0.05) is 49.9 Å². The average Bonchev–Trinajstić information content (AvgIpc) is 2.85. The number of piperazine rings is 1. The Morgan fingerprint density at radius 2 is 1.36 bits per heavy atom. The molecule has 1 aliphatic heterocycles. The molecule has 1 fully saturated rings. The van der Waals surface area contributed by atoms with Gasteiger partial charge in [0.05, 0.1) is 21.3 Å². The number of methoxy groups -OCH3 is 3. The van der Waals surface area contributed by atoms with Crippen molar-refractivity contribution in [1.82, 2.24) is 9.80 Å². The third-order valence-electron chi connectivity index (χ3n) is 6.16. The first kappa shape index (κ1) is 23.4. The largest absolute Gasteiger partial charge is 0.493 e. The van der Waals surface area contributed by atoms with E-state index in [2.05, 4.69) is 52.3 Å². The van der Waals surface area contributed by atoms with Crippen LogP contribution in [-0.2, 0) is 13.1 Å². The number of hydrogen-bond donors (Lipinski definition) is 0. The minimum Gasteiger partial charge on any atom is -0.493 e. The minimum absolute atomic E-state index is 0.650. The third-order valence-corrected chi connectivity index (χ3v) is 6.41. The summed E-state index contributed by atoms with van der Waals surface area (Å²) in [6.45, 7) is 5.85. The van der Waals surface area contributed by atoms with Crippen molar-refractivity contribution in [2.45, 2.75) is 13.1 Å². The van der Waals surface area contributed by atoms with E-state index in [9.17, 15) is 0 Å². The topological polar surface area (TPSA) is 34.2 Å². The molecule has 1 heterocycles. The van der Waals surface area contributed by atoms with Gasteiger partial charge < -0.3 is 14.2 Å². The van der Waals surface area contributed by atoms with Gasteiger partial charge in [-0.25, -0.2) is 0 Å². The van der Waals surface area contributed by atoms with Crippen LogP contribution in [0, 0.1) is 0 Å². The van der Waals surface area contributed by atoms with Crippen LogP contribution in [0.1, 0.15) is 11.1 Å². The van der Waals surface area contributed by atoms with E-state index in [1.807, 2.05) is 18.2 Å². The number of ether oxygens (including phenoxy) is 3. The summed E-state index contributed by atoms with van der Waals surface area (Å²) in [6, 6.07) is 20.8. The van der Waals surface area contributed by atoms with Gasteiger partial charge in [-0.2, -0.15) is 0 Å². The predicted octanol–water partition coefficient (Wildman–Crippen LogP) is 5.35.